The topological polar surface area (TPSA) is 93.0 Å². The van der Waals surface area contributed by atoms with Crippen LogP contribution < -0.4 is 5.32 Å². The van der Waals surface area contributed by atoms with Crippen molar-refractivity contribution < 1.29 is 42.1 Å². The summed E-state index contributed by atoms with van der Waals surface area (Å²) in [5.41, 5.74) is -0.496. The third kappa shape index (κ3) is 13.1. The maximum Gasteiger partial charge on any atom is 0.119 e. The molecule has 4 aliphatic carbocycles. The molecule has 6 heteroatoms. The van der Waals surface area contributed by atoms with Crippen LogP contribution in [0.5, 0.6) is 0 Å². The van der Waals surface area contributed by atoms with Gasteiger partial charge in [-0.05, 0) is 118 Å². The van der Waals surface area contributed by atoms with Crippen LogP contribution in [0.25, 0.3) is 0 Å². The summed E-state index contributed by atoms with van der Waals surface area (Å²) in [5.74, 6) is 2.71. The summed E-state index contributed by atoms with van der Waals surface area (Å²) in [7, 11) is 0. The van der Waals surface area contributed by atoms with Crippen LogP contribution in [0.15, 0.2) is 0 Å². The molecule has 4 saturated carbocycles. The molecule has 0 aromatic rings. The number of hydrogen-bond donors (Lipinski definition) is 5. The van der Waals surface area contributed by atoms with Gasteiger partial charge in [-0.3, -0.25) is 5.32 Å². The maximum atomic E-state index is 11.1. The van der Waals surface area contributed by atoms with Gasteiger partial charge in [0.05, 0.1) is 0 Å². The summed E-state index contributed by atoms with van der Waals surface area (Å²) in [6.45, 7) is 16.8. The molecule has 0 aromatic heterocycles. The van der Waals surface area contributed by atoms with Crippen LogP contribution >= 0.6 is 0 Å². The van der Waals surface area contributed by atoms with E-state index in [1.165, 1.54) is 38.5 Å². The van der Waals surface area contributed by atoms with Gasteiger partial charge in [0.25, 0.3) is 0 Å². The first-order valence-corrected chi connectivity index (χ1v) is 12.2. The van der Waals surface area contributed by atoms with Gasteiger partial charge in [0.1, 0.15) is 5.72 Å². The molecule has 0 spiro atoms. The number of nitrogens with one attached hydrogen (secondary N) is 1. The minimum absolute atomic E-state index is 0. The molecule has 0 heterocycles. The Labute approximate surface area is 207 Å². The third-order valence-corrected chi connectivity index (χ3v) is 6.21. The van der Waals surface area contributed by atoms with Crippen LogP contribution in [0.3, 0.4) is 0 Å². The van der Waals surface area contributed by atoms with Gasteiger partial charge in [-0.2, -0.15) is 0 Å². The van der Waals surface area contributed by atoms with Crippen molar-refractivity contribution >= 4 is 0 Å². The summed E-state index contributed by atoms with van der Waals surface area (Å²) >= 11 is 0. The van der Waals surface area contributed by atoms with Gasteiger partial charge in [-0.15, -0.1) is 0 Å². The second-order valence-corrected chi connectivity index (χ2v) is 11.0. The van der Waals surface area contributed by atoms with Crippen molar-refractivity contribution in [1.82, 2.24) is 5.32 Å². The summed E-state index contributed by atoms with van der Waals surface area (Å²) in [6.07, 6.45) is 8.69. The molecule has 0 amide bonds. The second kappa shape index (κ2) is 15.4. The van der Waals surface area contributed by atoms with Gasteiger partial charge >= 0.3 is 0 Å². The van der Waals surface area contributed by atoms with Crippen molar-refractivity contribution in [3.05, 3.63) is 0 Å². The first-order valence-electron chi connectivity index (χ1n) is 12.2. The van der Waals surface area contributed by atoms with E-state index in [0.717, 1.165) is 24.2 Å². The molecular formula is C25H53NO4Ti. The molecule has 186 valence electrons. The summed E-state index contributed by atoms with van der Waals surface area (Å²) in [5, 5.41) is 38.8. The third-order valence-electron chi connectivity index (χ3n) is 6.21. The molecular weight excluding hydrogens is 426 g/mol. The quantitative estimate of drug-likeness (QED) is 0.303. The fraction of sp³-hybridized carbons (Fsp3) is 1.00. The number of aliphatic hydroxyl groups excluding tert-OH is 3. The van der Waals surface area contributed by atoms with Crippen molar-refractivity contribution in [2.45, 2.75) is 137 Å². The smallest absolute Gasteiger partial charge is 0.119 e. The van der Waals surface area contributed by atoms with E-state index in [9.17, 15) is 5.11 Å². The van der Waals surface area contributed by atoms with E-state index in [1.54, 1.807) is 41.5 Å². The van der Waals surface area contributed by atoms with E-state index < -0.39 is 5.72 Å². The predicted molar refractivity (Wildman–Crippen MR) is 126 cm³/mol. The Morgan fingerprint density at radius 2 is 1.03 bits per heavy atom. The van der Waals surface area contributed by atoms with E-state index in [2.05, 4.69) is 19.2 Å². The summed E-state index contributed by atoms with van der Waals surface area (Å²) in [6, 6.07) is 0.410. The zero-order chi connectivity index (χ0) is 23.7. The zero-order valence-corrected chi connectivity index (χ0v) is 23.3. The second-order valence-electron chi connectivity index (χ2n) is 11.0. The normalized spacial score (nSPS) is 30.8. The molecule has 4 aliphatic rings. The molecule has 31 heavy (non-hydrogen) atoms. The Balaban J connectivity index is 0. The molecule has 2 atom stereocenters. The van der Waals surface area contributed by atoms with Crippen molar-refractivity contribution in [3.8, 4) is 0 Å². The van der Waals surface area contributed by atoms with Crippen molar-refractivity contribution in [2.75, 3.05) is 0 Å². The molecule has 4 fully saturated rings. The molecule has 4 bridgehead atoms. The average molecular weight is 480 g/mol. The van der Waals surface area contributed by atoms with Crippen LogP contribution in [-0.4, -0.2) is 50.5 Å². The van der Waals surface area contributed by atoms with E-state index in [1.807, 2.05) is 6.92 Å². The summed E-state index contributed by atoms with van der Waals surface area (Å²) < 4.78 is 0. The van der Waals surface area contributed by atoms with Gasteiger partial charge < -0.3 is 20.4 Å². The molecule has 5 nitrogen and oxygen atoms in total. The number of hydrogen-bond acceptors (Lipinski definition) is 5. The van der Waals surface area contributed by atoms with Crippen molar-refractivity contribution in [2.24, 2.45) is 23.2 Å². The molecule has 4 rings (SSSR count). The van der Waals surface area contributed by atoms with Crippen LogP contribution in [0.4, 0.5) is 0 Å². The van der Waals surface area contributed by atoms with Crippen molar-refractivity contribution in [3.63, 3.8) is 0 Å². The Kier molecular flexibility index (Phi) is 16.8. The first kappa shape index (κ1) is 33.7. The van der Waals surface area contributed by atoms with Gasteiger partial charge in [0.2, 0.25) is 0 Å². The van der Waals surface area contributed by atoms with E-state index in [0.29, 0.717) is 6.04 Å². The SMILES string of the molecule is CC(C)O.CC(C)O.CC(C)O.CCC(C)NC(C)(O)C12CC3CC(CC(C3)C1)C2.[Ti]. The zero-order valence-electron chi connectivity index (χ0n) is 21.8. The minimum atomic E-state index is -0.668. The number of rotatable bonds is 4. The Hall–Kier alpha value is 0.514. The molecule has 5 N–H and O–H groups in total. The van der Waals surface area contributed by atoms with Crippen LogP contribution in [-0.2, 0) is 21.7 Å². The largest absolute Gasteiger partial charge is 0.394 e. The maximum absolute atomic E-state index is 11.1. The molecule has 0 aromatic carbocycles. The Morgan fingerprint density at radius 3 is 1.26 bits per heavy atom. The predicted octanol–water partition coefficient (Wildman–Crippen LogP) is 4.46. The van der Waals surface area contributed by atoms with Crippen molar-refractivity contribution in [1.29, 1.82) is 0 Å². The van der Waals surface area contributed by atoms with E-state index in [-0.39, 0.29) is 45.4 Å². The van der Waals surface area contributed by atoms with Crippen LogP contribution in [0.2, 0.25) is 0 Å². The van der Waals surface area contributed by atoms with Gasteiger partial charge in [-0.1, -0.05) is 6.92 Å². The monoisotopic (exact) mass is 479 g/mol. The number of aliphatic hydroxyl groups is 4. The van der Waals surface area contributed by atoms with Crippen LogP contribution in [0.1, 0.15) is 107 Å². The van der Waals surface area contributed by atoms with Crippen LogP contribution in [0, 0.1) is 23.2 Å². The first-order chi connectivity index (χ1) is 13.6. The van der Waals surface area contributed by atoms with Gasteiger partial charge in [0.15, 0.2) is 0 Å². The van der Waals surface area contributed by atoms with E-state index in [4.69, 9.17) is 15.3 Å². The fourth-order valence-corrected chi connectivity index (χ4v) is 5.44. The standard InChI is InChI=1S/C16H29NO.3C3H8O.Ti/c1-4-11(2)17-15(3,18)16-8-12-5-13(9-16)7-14(6-12)10-16;3*1-3(2)4;/h11-14,17-18H,4-10H2,1-3H3;3*3-4H,1-2H3;. The molecule has 2 unspecified atom stereocenters. The average Bonchev–Trinajstić information content (AvgIpc) is 2.51. The van der Waals surface area contributed by atoms with E-state index >= 15 is 0 Å². The van der Waals surface area contributed by atoms with Gasteiger partial charge in [-0.25, -0.2) is 0 Å². The fourth-order valence-electron chi connectivity index (χ4n) is 5.44. The minimum Gasteiger partial charge on any atom is -0.394 e. The molecule has 0 aliphatic heterocycles. The molecule has 0 saturated heterocycles. The van der Waals surface area contributed by atoms with Gasteiger partial charge in [0, 0.05) is 51.5 Å². The molecule has 0 radical (unpaired) electrons. The Morgan fingerprint density at radius 1 is 0.774 bits per heavy atom. The Bertz CT molecular complexity index is 397. The summed E-state index contributed by atoms with van der Waals surface area (Å²) in [4.78, 5) is 0.